The maximum atomic E-state index is 5.84. The number of benzene rings is 2. The van der Waals surface area contributed by atoms with Gasteiger partial charge in [-0.15, -0.1) is 0 Å². The molecule has 0 fully saturated rings. The Morgan fingerprint density at radius 3 is 2.54 bits per heavy atom. The van der Waals surface area contributed by atoms with Crippen LogP contribution in [0.1, 0.15) is 5.56 Å². The SMILES string of the molecule is COc1cc(/C=N/NC(=S)Nc2ccc(Cl)cc2)cc(Br)c1OC. The Morgan fingerprint density at radius 1 is 1.21 bits per heavy atom. The fraction of sp³-hybridized carbons (Fsp3) is 0.125. The van der Waals surface area contributed by atoms with E-state index in [4.69, 9.17) is 33.3 Å². The molecule has 0 aromatic heterocycles. The van der Waals surface area contributed by atoms with Gasteiger partial charge in [-0.25, -0.2) is 0 Å². The van der Waals surface area contributed by atoms with Gasteiger partial charge in [-0.1, -0.05) is 11.6 Å². The number of ether oxygens (including phenoxy) is 2. The molecule has 0 radical (unpaired) electrons. The van der Waals surface area contributed by atoms with Gasteiger partial charge in [0.1, 0.15) is 0 Å². The van der Waals surface area contributed by atoms with E-state index in [0.29, 0.717) is 21.6 Å². The first kappa shape index (κ1) is 18.5. The zero-order chi connectivity index (χ0) is 17.5. The summed E-state index contributed by atoms with van der Waals surface area (Å²) in [6, 6.07) is 10.9. The lowest BCUT2D eigenvalue weighted by Gasteiger charge is -2.10. The molecular weight excluding hydrogens is 414 g/mol. The predicted molar refractivity (Wildman–Crippen MR) is 106 cm³/mol. The van der Waals surface area contributed by atoms with Gasteiger partial charge in [-0.2, -0.15) is 5.10 Å². The van der Waals surface area contributed by atoms with Crippen LogP contribution in [0.15, 0.2) is 46.0 Å². The molecule has 2 aromatic rings. The van der Waals surface area contributed by atoms with E-state index in [-0.39, 0.29) is 0 Å². The standard InChI is InChI=1S/C16H15BrClN3O2S/c1-22-14-8-10(7-13(17)15(14)23-2)9-19-21-16(24)20-12-5-3-11(18)4-6-12/h3-9H,1-2H3,(H2,20,21,24)/b19-9+. The molecule has 2 aromatic carbocycles. The number of anilines is 1. The summed E-state index contributed by atoms with van der Waals surface area (Å²) in [6.07, 6.45) is 1.63. The third-order valence-corrected chi connectivity index (χ3v) is 3.97. The monoisotopic (exact) mass is 427 g/mol. The first-order valence-corrected chi connectivity index (χ1v) is 8.38. The predicted octanol–water partition coefficient (Wildman–Crippen LogP) is 4.44. The Hall–Kier alpha value is -1.83. The van der Waals surface area contributed by atoms with E-state index in [1.165, 1.54) is 0 Å². The Morgan fingerprint density at radius 2 is 1.92 bits per heavy atom. The second kappa shape index (κ2) is 8.86. The summed E-state index contributed by atoms with van der Waals surface area (Å²) in [4.78, 5) is 0. The van der Waals surface area contributed by atoms with E-state index in [1.807, 2.05) is 24.3 Å². The molecular formula is C16H15BrClN3O2S. The zero-order valence-corrected chi connectivity index (χ0v) is 16.1. The van der Waals surface area contributed by atoms with Gasteiger partial charge >= 0.3 is 0 Å². The van der Waals surface area contributed by atoms with Crippen molar-refractivity contribution in [3.05, 3.63) is 51.5 Å². The van der Waals surface area contributed by atoms with Crippen molar-refractivity contribution in [2.75, 3.05) is 19.5 Å². The molecule has 0 bridgehead atoms. The number of rotatable bonds is 5. The molecule has 0 spiro atoms. The van der Waals surface area contributed by atoms with E-state index in [2.05, 4.69) is 31.8 Å². The molecule has 0 saturated heterocycles. The van der Waals surface area contributed by atoms with Gasteiger partial charge in [0.25, 0.3) is 0 Å². The van der Waals surface area contributed by atoms with Crippen LogP contribution in [0.4, 0.5) is 5.69 Å². The summed E-state index contributed by atoms with van der Waals surface area (Å²) < 4.78 is 11.3. The highest BCUT2D eigenvalue weighted by molar-refractivity contribution is 9.10. The van der Waals surface area contributed by atoms with Crippen LogP contribution in [0.2, 0.25) is 5.02 Å². The summed E-state index contributed by atoms with van der Waals surface area (Å²) in [5.41, 5.74) is 4.39. The molecule has 2 rings (SSSR count). The van der Waals surface area contributed by atoms with E-state index < -0.39 is 0 Å². The van der Waals surface area contributed by atoms with Gasteiger partial charge in [0.05, 0.1) is 24.9 Å². The Kier molecular flexibility index (Phi) is 6.84. The van der Waals surface area contributed by atoms with E-state index in [9.17, 15) is 0 Å². The van der Waals surface area contributed by atoms with Crippen LogP contribution in [0.25, 0.3) is 0 Å². The molecule has 8 heteroatoms. The third-order valence-electron chi connectivity index (χ3n) is 2.94. The molecule has 0 heterocycles. The molecule has 0 aliphatic heterocycles. The van der Waals surface area contributed by atoms with Crippen LogP contribution in [0.3, 0.4) is 0 Å². The van der Waals surface area contributed by atoms with Crippen molar-refractivity contribution in [2.45, 2.75) is 0 Å². The molecule has 0 saturated carbocycles. The van der Waals surface area contributed by atoms with Crippen LogP contribution in [0, 0.1) is 0 Å². The molecule has 0 atom stereocenters. The normalized spacial score (nSPS) is 10.5. The Bertz CT molecular complexity index is 754. The molecule has 0 aliphatic rings. The van der Waals surface area contributed by atoms with Crippen molar-refractivity contribution in [3.8, 4) is 11.5 Å². The van der Waals surface area contributed by atoms with Gasteiger partial charge in [0, 0.05) is 10.7 Å². The van der Waals surface area contributed by atoms with Gasteiger partial charge in [0.15, 0.2) is 16.6 Å². The second-order valence-electron chi connectivity index (χ2n) is 4.57. The van der Waals surface area contributed by atoms with Crippen molar-refractivity contribution in [3.63, 3.8) is 0 Å². The van der Waals surface area contributed by atoms with Crippen LogP contribution in [-0.2, 0) is 0 Å². The molecule has 2 N–H and O–H groups in total. The largest absolute Gasteiger partial charge is 0.493 e. The van der Waals surface area contributed by atoms with Crippen molar-refractivity contribution >= 4 is 56.8 Å². The third kappa shape index (κ3) is 5.09. The van der Waals surface area contributed by atoms with Crippen molar-refractivity contribution in [1.82, 2.24) is 5.43 Å². The van der Waals surface area contributed by atoms with E-state index >= 15 is 0 Å². The first-order chi connectivity index (χ1) is 11.5. The van der Waals surface area contributed by atoms with E-state index in [1.54, 1.807) is 32.6 Å². The fourth-order valence-corrected chi connectivity index (χ4v) is 2.79. The second-order valence-corrected chi connectivity index (χ2v) is 6.27. The number of hydrogen-bond acceptors (Lipinski definition) is 4. The number of thiocarbonyl (C=S) groups is 1. The number of nitrogens with one attached hydrogen (secondary N) is 2. The summed E-state index contributed by atoms with van der Waals surface area (Å²) in [5.74, 6) is 1.23. The van der Waals surface area contributed by atoms with Crippen LogP contribution < -0.4 is 20.2 Å². The molecule has 0 aliphatic carbocycles. The first-order valence-electron chi connectivity index (χ1n) is 6.80. The smallest absolute Gasteiger partial charge is 0.191 e. The lowest BCUT2D eigenvalue weighted by atomic mass is 10.2. The summed E-state index contributed by atoms with van der Waals surface area (Å²) in [5, 5.41) is 8.14. The molecule has 5 nitrogen and oxygen atoms in total. The van der Waals surface area contributed by atoms with E-state index in [0.717, 1.165) is 15.7 Å². The van der Waals surface area contributed by atoms with Gasteiger partial charge in [-0.05, 0) is 70.1 Å². The van der Waals surface area contributed by atoms with Crippen molar-refractivity contribution in [1.29, 1.82) is 0 Å². The number of hydrazone groups is 1. The molecule has 0 amide bonds. The highest BCUT2D eigenvalue weighted by atomic mass is 79.9. The summed E-state index contributed by atoms with van der Waals surface area (Å²) >= 11 is 14.4. The minimum atomic E-state index is 0.369. The highest BCUT2D eigenvalue weighted by Crippen LogP contribution is 2.35. The van der Waals surface area contributed by atoms with Crippen molar-refractivity contribution < 1.29 is 9.47 Å². The number of hydrogen-bond donors (Lipinski definition) is 2. The summed E-state index contributed by atoms with van der Waals surface area (Å²) in [6.45, 7) is 0. The van der Waals surface area contributed by atoms with Crippen LogP contribution >= 0.6 is 39.7 Å². The maximum absolute atomic E-state index is 5.84. The van der Waals surface area contributed by atoms with Gasteiger partial charge in [0.2, 0.25) is 0 Å². The number of methoxy groups -OCH3 is 2. The molecule has 0 unspecified atom stereocenters. The maximum Gasteiger partial charge on any atom is 0.191 e. The molecule has 24 heavy (non-hydrogen) atoms. The van der Waals surface area contributed by atoms with Gasteiger partial charge < -0.3 is 14.8 Å². The topological polar surface area (TPSA) is 54.9 Å². The molecule has 126 valence electrons. The summed E-state index contributed by atoms with van der Waals surface area (Å²) in [7, 11) is 3.16. The number of nitrogens with zero attached hydrogens (tertiary/aromatic N) is 1. The lowest BCUT2D eigenvalue weighted by Crippen LogP contribution is -2.23. The minimum Gasteiger partial charge on any atom is -0.493 e. The highest BCUT2D eigenvalue weighted by Gasteiger charge is 2.09. The lowest BCUT2D eigenvalue weighted by molar-refractivity contribution is 0.353. The van der Waals surface area contributed by atoms with Crippen molar-refractivity contribution in [2.24, 2.45) is 5.10 Å². The minimum absolute atomic E-state index is 0.369. The Labute approximate surface area is 159 Å². The quantitative estimate of drug-likeness (QED) is 0.419. The van der Waals surface area contributed by atoms with Gasteiger partial charge in [-0.3, -0.25) is 5.43 Å². The Balaban J connectivity index is 1.99. The zero-order valence-electron chi connectivity index (χ0n) is 13.0. The number of halogens is 2. The fourth-order valence-electron chi connectivity index (χ4n) is 1.87. The average Bonchev–Trinajstić information content (AvgIpc) is 2.56. The van der Waals surface area contributed by atoms with Crippen LogP contribution in [0.5, 0.6) is 11.5 Å². The van der Waals surface area contributed by atoms with Crippen LogP contribution in [-0.4, -0.2) is 25.5 Å². The average molecular weight is 429 g/mol.